The summed E-state index contributed by atoms with van der Waals surface area (Å²) in [4.78, 5) is 23.6. The average Bonchev–Trinajstić information content (AvgIpc) is 2.42. The molecule has 0 aliphatic heterocycles. The summed E-state index contributed by atoms with van der Waals surface area (Å²) in [5.41, 5.74) is 0.435. The van der Waals surface area contributed by atoms with Crippen LogP contribution in [0.3, 0.4) is 0 Å². The van der Waals surface area contributed by atoms with Gasteiger partial charge in [0.15, 0.2) is 5.54 Å². The first-order chi connectivity index (χ1) is 9.37. The number of nitrogens with one attached hydrogen (secondary N) is 2. The van der Waals surface area contributed by atoms with Crippen LogP contribution in [0.5, 0.6) is 0 Å². The lowest BCUT2D eigenvalue weighted by atomic mass is 10.00. The Kier molecular flexibility index (Phi) is 5.70. The molecule has 5 nitrogen and oxygen atoms in total. The number of carbonyl (C=O) groups is 2. The molecule has 2 N–H and O–H groups in total. The summed E-state index contributed by atoms with van der Waals surface area (Å²) in [6.45, 7) is 6.67. The van der Waals surface area contributed by atoms with Crippen molar-refractivity contribution in [1.82, 2.24) is 5.32 Å². The average molecular weight is 278 g/mol. The number of hydrogen-bond donors (Lipinski definition) is 2. The van der Waals surface area contributed by atoms with Crippen molar-refractivity contribution in [3.8, 4) is 0 Å². The van der Waals surface area contributed by atoms with Gasteiger partial charge in [0.05, 0.1) is 19.1 Å². The van der Waals surface area contributed by atoms with Gasteiger partial charge in [0, 0.05) is 5.56 Å². The third-order valence-electron chi connectivity index (χ3n) is 3.53. The molecule has 0 saturated heterocycles. The highest BCUT2D eigenvalue weighted by atomic mass is 16.4. The van der Waals surface area contributed by atoms with Crippen molar-refractivity contribution in [2.45, 2.75) is 32.9 Å². The summed E-state index contributed by atoms with van der Waals surface area (Å²) in [5, 5.41) is 12.8. The second kappa shape index (κ2) is 7.05. The van der Waals surface area contributed by atoms with Gasteiger partial charge < -0.3 is 20.1 Å². The molecule has 0 spiro atoms. The van der Waals surface area contributed by atoms with Gasteiger partial charge in [-0.1, -0.05) is 30.3 Å². The Hall–Kier alpha value is -1.88. The van der Waals surface area contributed by atoms with Crippen LogP contribution in [-0.4, -0.2) is 30.5 Å². The number of aliphatic carboxylic acids is 1. The van der Waals surface area contributed by atoms with Gasteiger partial charge in [-0.2, -0.15) is 0 Å². The van der Waals surface area contributed by atoms with E-state index in [-0.39, 0.29) is 5.91 Å². The molecule has 0 aliphatic rings. The first kappa shape index (κ1) is 16.2. The highest BCUT2D eigenvalue weighted by molar-refractivity contribution is 5.86. The molecule has 1 rings (SSSR count). The van der Waals surface area contributed by atoms with E-state index in [0.717, 1.165) is 17.0 Å². The van der Waals surface area contributed by atoms with E-state index in [4.69, 9.17) is 0 Å². The van der Waals surface area contributed by atoms with Gasteiger partial charge in [-0.05, 0) is 20.8 Å². The van der Waals surface area contributed by atoms with Gasteiger partial charge >= 0.3 is 0 Å². The number of carboxylic acid groups (broad SMARTS) is 1. The summed E-state index contributed by atoms with van der Waals surface area (Å²) in [5.74, 6) is -1.57. The number of carbonyl (C=O) groups excluding carboxylic acids is 2. The van der Waals surface area contributed by atoms with E-state index in [1.54, 1.807) is 0 Å². The van der Waals surface area contributed by atoms with Crippen molar-refractivity contribution in [1.29, 1.82) is 0 Å². The van der Waals surface area contributed by atoms with Crippen LogP contribution in [0, 0.1) is 0 Å². The van der Waals surface area contributed by atoms with Crippen LogP contribution >= 0.6 is 0 Å². The molecule has 1 atom stereocenters. The normalized spacial score (nSPS) is 12.8. The molecule has 5 heteroatoms. The molecule has 1 amide bonds. The lowest BCUT2D eigenvalue weighted by Gasteiger charge is -2.33. The number of rotatable bonds is 7. The van der Waals surface area contributed by atoms with E-state index >= 15 is 0 Å². The van der Waals surface area contributed by atoms with Crippen LogP contribution in [0.15, 0.2) is 30.3 Å². The summed E-state index contributed by atoms with van der Waals surface area (Å²) in [6.07, 6.45) is 0. The van der Waals surface area contributed by atoms with Crippen molar-refractivity contribution in [3.63, 3.8) is 0 Å². The molecule has 20 heavy (non-hydrogen) atoms. The second-order valence-corrected chi connectivity index (χ2v) is 5.30. The van der Waals surface area contributed by atoms with Crippen LogP contribution in [0.4, 0.5) is 0 Å². The van der Waals surface area contributed by atoms with Crippen LogP contribution in [0.25, 0.3) is 0 Å². The monoisotopic (exact) mass is 278 g/mol. The molecule has 110 valence electrons. The Labute approximate surface area is 119 Å². The van der Waals surface area contributed by atoms with E-state index in [9.17, 15) is 14.7 Å². The number of carboxylic acids is 1. The third-order valence-corrected chi connectivity index (χ3v) is 3.53. The molecule has 0 aromatic heterocycles. The van der Waals surface area contributed by atoms with Crippen LogP contribution in [-0.2, 0) is 16.1 Å². The van der Waals surface area contributed by atoms with Gasteiger partial charge in [0.1, 0.15) is 6.54 Å². The second-order valence-electron chi connectivity index (χ2n) is 5.30. The minimum absolute atomic E-state index is 0.283. The topological polar surface area (TPSA) is 73.7 Å². The van der Waals surface area contributed by atoms with Crippen molar-refractivity contribution in [3.05, 3.63) is 35.9 Å². The number of benzene rings is 1. The predicted octanol–water partition coefficient (Wildman–Crippen LogP) is -1.26. The first-order valence-electron chi connectivity index (χ1n) is 6.75. The molecule has 1 aromatic rings. The summed E-state index contributed by atoms with van der Waals surface area (Å²) in [7, 11) is 0. The van der Waals surface area contributed by atoms with Crippen molar-refractivity contribution in [2.75, 3.05) is 13.1 Å². The van der Waals surface area contributed by atoms with Crippen LogP contribution in [0.1, 0.15) is 26.3 Å². The fourth-order valence-electron chi connectivity index (χ4n) is 2.16. The minimum atomic E-state index is -1.28. The Bertz CT molecular complexity index is 457. The zero-order chi connectivity index (χ0) is 15.2. The maximum atomic E-state index is 12.1. The Balaban J connectivity index is 2.75. The Morgan fingerprint density at radius 3 is 2.35 bits per heavy atom. The number of quaternary nitrogens is 1. The quantitative estimate of drug-likeness (QED) is 0.653. The molecule has 0 aliphatic carbocycles. The molecule has 0 bridgehead atoms. The zero-order valence-corrected chi connectivity index (χ0v) is 12.2. The number of likely N-dealkylation sites (N-methyl/N-ethyl adjacent to an activating group) is 1. The van der Waals surface area contributed by atoms with Gasteiger partial charge in [-0.15, -0.1) is 0 Å². The maximum Gasteiger partial charge on any atom is 0.281 e. The van der Waals surface area contributed by atoms with Gasteiger partial charge in [-0.3, -0.25) is 4.79 Å². The van der Waals surface area contributed by atoms with Crippen LogP contribution < -0.4 is 15.3 Å². The standard InChI is InChI=1S/C15H22N2O3/c1-4-17(11-12-8-6-5-7-9-12)15(2,3)14(20)16-10-13(18)19/h5-9H,4,10-11H2,1-3H3,(H,16,20)(H,18,19). The molecular formula is C15H22N2O3. The predicted molar refractivity (Wildman–Crippen MR) is 73.7 cm³/mol. The summed E-state index contributed by atoms with van der Waals surface area (Å²) < 4.78 is 0. The largest absolute Gasteiger partial charge is 0.548 e. The third kappa shape index (κ3) is 4.35. The SMILES string of the molecule is CC[NH+](Cc1ccccc1)C(C)(C)C(=O)NCC(=O)[O-]. The first-order valence-corrected chi connectivity index (χ1v) is 6.75. The van der Waals surface area contributed by atoms with E-state index < -0.39 is 18.1 Å². The Morgan fingerprint density at radius 2 is 1.85 bits per heavy atom. The highest BCUT2D eigenvalue weighted by Crippen LogP contribution is 2.01. The Morgan fingerprint density at radius 1 is 1.25 bits per heavy atom. The maximum absolute atomic E-state index is 12.1. The molecule has 1 aromatic carbocycles. The van der Waals surface area contributed by atoms with Crippen molar-refractivity contribution in [2.24, 2.45) is 0 Å². The molecule has 0 saturated carbocycles. The van der Waals surface area contributed by atoms with Crippen molar-refractivity contribution >= 4 is 11.9 Å². The highest BCUT2D eigenvalue weighted by Gasteiger charge is 2.37. The van der Waals surface area contributed by atoms with E-state index in [0.29, 0.717) is 6.54 Å². The molecule has 0 radical (unpaired) electrons. The fourth-order valence-corrected chi connectivity index (χ4v) is 2.16. The van der Waals surface area contributed by atoms with Gasteiger partial charge in [0.25, 0.3) is 5.91 Å². The molecule has 0 heterocycles. The summed E-state index contributed by atoms with van der Waals surface area (Å²) in [6, 6.07) is 9.92. The van der Waals surface area contributed by atoms with Gasteiger partial charge in [-0.25, -0.2) is 0 Å². The number of amides is 1. The lowest BCUT2D eigenvalue weighted by Crippen LogP contribution is -3.19. The number of hydrogen-bond acceptors (Lipinski definition) is 3. The van der Waals surface area contributed by atoms with E-state index in [2.05, 4.69) is 5.32 Å². The molecule has 0 fully saturated rings. The molecule has 1 unspecified atom stereocenters. The summed E-state index contributed by atoms with van der Waals surface area (Å²) >= 11 is 0. The zero-order valence-electron chi connectivity index (χ0n) is 12.2. The van der Waals surface area contributed by atoms with Crippen LogP contribution in [0.2, 0.25) is 0 Å². The minimum Gasteiger partial charge on any atom is -0.548 e. The molecular weight excluding hydrogens is 256 g/mol. The van der Waals surface area contributed by atoms with Crippen molar-refractivity contribution < 1.29 is 19.6 Å². The van der Waals surface area contributed by atoms with E-state index in [1.165, 1.54) is 0 Å². The van der Waals surface area contributed by atoms with Gasteiger partial charge in [0.2, 0.25) is 0 Å². The fraction of sp³-hybridized carbons (Fsp3) is 0.467. The van der Waals surface area contributed by atoms with E-state index in [1.807, 2.05) is 51.1 Å². The smallest absolute Gasteiger partial charge is 0.281 e. The lowest BCUT2D eigenvalue weighted by molar-refractivity contribution is -0.949.